The molecule has 1 heterocycles. The van der Waals surface area contributed by atoms with Gasteiger partial charge < -0.3 is 9.88 Å². The van der Waals surface area contributed by atoms with Crippen LogP contribution in [-0.2, 0) is 17.1 Å². The van der Waals surface area contributed by atoms with Crippen LogP contribution in [0.2, 0.25) is 0 Å². The first-order valence-electron chi connectivity index (χ1n) is 11.0. The zero-order valence-corrected chi connectivity index (χ0v) is 21.4. The molecule has 2 aromatic carbocycles. The van der Waals surface area contributed by atoms with Crippen LogP contribution in [0.4, 0.5) is 5.69 Å². The van der Waals surface area contributed by atoms with Crippen molar-refractivity contribution >= 4 is 35.1 Å². The largest absolute Gasteiger partial charge is 0.325 e. The van der Waals surface area contributed by atoms with E-state index in [1.54, 1.807) is 11.8 Å². The molecule has 1 amide bonds. The highest BCUT2D eigenvalue weighted by molar-refractivity contribution is 8.00. The highest BCUT2D eigenvalue weighted by atomic mass is 32.2. The van der Waals surface area contributed by atoms with Crippen LogP contribution in [0, 0.1) is 27.7 Å². The molecule has 0 fully saturated rings. The van der Waals surface area contributed by atoms with E-state index in [1.165, 1.54) is 27.8 Å². The van der Waals surface area contributed by atoms with Gasteiger partial charge in [-0.2, -0.15) is 0 Å². The van der Waals surface area contributed by atoms with Crippen molar-refractivity contribution in [1.82, 2.24) is 14.8 Å². The monoisotopic (exact) mass is 468 g/mol. The first-order chi connectivity index (χ1) is 15.3. The number of aryl methyl sites for hydroxylation is 4. The van der Waals surface area contributed by atoms with Crippen molar-refractivity contribution in [3.63, 3.8) is 0 Å². The molecule has 0 aliphatic carbocycles. The number of anilines is 1. The molecule has 0 aliphatic rings. The quantitative estimate of drug-likeness (QED) is 0.372. The summed E-state index contributed by atoms with van der Waals surface area (Å²) in [6, 6.07) is 12.7. The Hall–Kier alpha value is -2.25. The summed E-state index contributed by atoms with van der Waals surface area (Å²) >= 11 is 3.24. The normalized spacial score (nSPS) is 12.1. The molecule has 0 saturated heterocycles. The molecule has 1 N–H and O–H groups in total. The van der Waals surface area contributed by atoms with Crippen LogP contribution in [0.5, 0.6) is 0 Å². The molecule has 7 heteroatoms. The molecule has 1 aromatic heterocycles. The highest BCUT2D eigenvalue weighted by Crippen LogP contribution is 2.29. The Morgan fingerprint density at radius 1 is 1.00 bits per heavy atom. The lowest BCUT2D eigenvalue weighted by Crippen LogP contribution is -2.26. The smallest absolute Gasteiger partial charge is 0.237 e. The third kappa shape index (κ3) is 5.95. The van der Waals surface area contributed by atoms with Gasteiger partial charge in [0, 0.05) is 17.1 Å². The molecule has 0 radical (unpaired) electrons. The summed E-state index contributed by atoms with van der Waals surface area (Å²) < 4.78 is 2.12. The minimum atomic E-state index is -0.234. The summed E-state index contributed by atoms with van der Waals surface area (Å²) in [5.41, 5.74) is 5.54. The number of amides is 1. The number of aromatic nitrogens is 3. The van der Waals surface area contributed by atoms with Crippen molar-refractivity contribution in [3.05, 3.63) is 64.5 Å². The number of rotatable bonds is 9. The van der Waals surface area contributed by atoms with E-state index in [-0.39, 0.29) is 11.2 Å². The lowest BCUT2D eigenvalue weighted by Gasteiger charge is -2.18. The van der Waals surface area contributed by atoms with E-state index >= 15 is 0 Å². The highest BCUT2D eigenvalue weighted by Gasteiger charge is 2.23. The predicted octanol–water partition coefficient (Wildman–Crippen LogP) is 6.33. The second-order valence-electron chi connectivity index (χ2n) is 8.02. The van der Waals surface area contributed by atoms with Crippen LogP contribution in [0.1, 0.15) is 48.3 Å². The molecule has 170 valence electrons. The zero-order chi connectivity index (χ0) is 23.3. The lowest BCUT2D eigenvalue weighted by molar-refractivity contribution is -0.115. The summed E-state index contributed by atoms with van der Waals surface area (Å²) in [4.78, 5) is 14.3. The summed E-state index contributed by atoms with van der Waals surface area (Å²) in [5, 5.41) is 12.6. The molecule has 5 nitrogen and oxygen atoms in total. The summed E-state index contributed by atoms with van der Waals surface area (Å²) in [7, 11) is 0. The van der Waals surface area contributed by atoms with Gasteiger partial charge in [-0.25, -0.2) is 0 Å². The standard InChI is InChI=1S/C25H32N4OS2/c1-7-21(24(30)26-23-18(5)13-17(4)14-19(23)6)32-25-28-27-22(29(25)8-2)15-31-20-11-9-16(3)10-12-20/h9-14,21H,7-8,15H2,1-6H3,(H,26,30). The second-order valence-corrected chi connectivity index (χ2v) is 10.2. The Kier molecular flexibility index (Phi) is 8.43. The minimum Gasteiger partial charge on any atom is -0.325 e. The summed E-state index contributed by atoms with van der Waals surface area (Å²) in [6.07, 6.45) is 0.713. The second kappa shape index (κ2) is 11.1. The number of nitrogens with one attached hydrogen (secondary N) is 1. The van der Waals surface area contributed by atoms with E-state index in [4.69, 9.17) is 0 Å². The van der Waals surface area contributed by atoms with E-state index in [0.717, 1.165) is 40.1 Å². The van der Waals surface area contributed by atoms with Crippen LogP contribution in [0.3, 0.4) is 0 Å². The number of carbonyl (C=O) groups is 1. The van der Waals surface area contributed by atoms with Crippen molar-refractivity contribution in [3.8, 4) is 0 Å². The molecule has 3 aromatic rings. The number of hydrogen-bond acceptors (Lipinski definition) is 5. The molecule has 32 heavy (non-hydrogen) atoms. The van der Waals surface area contributed by atoms with Gasteiger partial charge in [0.2, 0.25) is 5.91 Å². The van der Waals surface area contributed by atoms with Gasteiger partial charge in [0.15, 0.2) is 5.16 Å². The molecule has 3 rings (SSSR count). The molecular weight excluding hydrogens is 436 g/mol. The molecule has 0 saturated carbocycles. The van der Waals surface area contributed by atoms with Crippen molar-refractivity contribution < 1.29 is 4.79 Å². The Morgan fingerprint density at radius 3 is 2.25 bits per heavy atom. The topological polar surface area (TPSA) is 59.8 Å². The third-order valence-corrected chi connectivity index (χ3v) is 7.69. The third-order valence-electron chi connectivity index (χ3n) is 5.33. The first kappa shape index (κ1) is 24.4. The fraction of sp³-hybridized carbons (Fsp3) is 0.400. The van der Waals surface area contributed by atoms with Crippen molar-refractivity contribution in [2.45, 2.75) is 75.6 Å². The van der Waals surface area contributed by atoms with E-state index in [2.05, 4.69) is 77.3 Å². The molecule has 0 aliphatic heterocycles. The van der Waals surface area contributed by atoms with Crippen LogP contribution < -0.4 is 5.32 Å². The number of benzene rings is 2. The predicted molar refractivity (Wildman–Crippen MR) is 136 cm³/mol. The van der Waals surface area contributed by atoms with Crippen molar-refractivity contribution in [2.75, 3.05) is 5.32 Å². The van der Waals surface area contributed by atoms with Gasteiger partial charge in [0.25, 0.3) is 0 Å². The maximum atomic E-state index is 13.1. The Morgan fingerprint density at radius 2 is 1.66 bits per heavy atom. The van der Waals surface area contributed by atoms with Crippen LogP contribution in [0.25, 0.3) is 0 Å². The van der Waals surface area contributed by atoms with Gasteiger partial charge in [-0.15, -0.1) is 22.0 Å². The number of hydrogen-bond donors (Lipinski definition) is 1. The Bertz CT molecular complexity index is 1050. The van der Waals surface area contributed by atoms with Gasteiger partial charge in [0.05, 0.1) is 11.0 Å². The lowest BCUT2D eigenvalue weighted by atomic mass is 10.0. The van der Waals surface area contributed by atoms with Gasteiger partial charge in [-0.1, -0.05) is 54.1 Å². The van der Waals surface area contributed by atoms with Gasteiger partial charge in [-0.3, -0.25) is 4.79 Å². The van der Waals surface area contributed by atoms with Crippen LogP contribution >= 0.6 is 23.5 Å². The Labute approximate surface area is 199 Å². The maximum Gasteiger partial charge on any atom is 0.237 e. The fourth-order valence-corrected chi connectivity index (χ4v) is 5.52. The first-order valence-corrected chi connectivity index (χ1v) is 12.9. The zero-order valence-electron chi connectivity index (χ0n) is 19.7. The van der Waals surface area contributed by atoms with Crippen molar-refractivity contribution in [1.29, 1.82) is 0 Å². The van der Waals surface area contributed by atoms with E-state index in [0.29, 0.717) is 6.42 Å². The number of thioether (sulfide) groups is 2. The maximum absolute atomic E-state index is 13.1. The molecule has 1 atom stereocenters. The van der Waals surface area contributed by atoms with Crippen LogP contribution in [0.15, 0.2) is 46.5 Å². The van der Waals surface area contributed by atoms with E-state index < -0.39 is 0 Å². The number of carbonyl (C=O) groups excluding carboxylic acids is 1. The SMILES string of the molecule is CCC(Sc1nnc(CSc2ccc(C)cc2)n1CC)C(=O)Nc1c(C)cc(C)cc1C. The van der Waals surface area contributed by atoms with Crippen molar-refractivity contribution in [2.24, 2.45) is 0 Å². The fourth-order valence-electron chi connectivity index (χ4n) is 3.64. The Balaban J connectivity index is 1.70. The average Bonchev–Trinajstić information content (AvgIpc) is 3.15. The van der Waals surface area contributed by atoms with Crippen LogP contribution in [-0.4, -0.2) is 25.9 Å². The minimum absolute atomic E-state index is 0.00814. The molecule has 0 bridgehead atoms. The van der Waals surface area contributed by atoms with E-state index in [9.17, 15) is 4.79 Å². The van der Waals surface area contributed by atoms with E-state index in [1.807, 2.05) is 20.8 Å². The molecular formula is C25H32N4OS2. The van der Waals surface area contributed by atoms with Gasteiger partial charge >= 0.3 is 0 Å². The summed E-state index contributed by atoms with van der Waals surface area (Å²) in [6.45, 7) is 13.1. The molecule has 0 spiro atoms. The van der Waals surface area contributed by atoms with Gasteiger partial charge in [0.1, 0.15) is 5.82 Å². The molecule has 1 unspecified atom stereocenters. The summed E-state index contributed by atoms with van der Waals surface area (Å²) in [5.74, 6) is 1.68. The van der Waals surface area contributed by atoms with Gasteiger partial charge in [-0.05, 0) is 64.3 Å². The number of nitrogens with zero attached hydrogens (tertiary/aromatic N) is 3. The average molecular weight is 469 g/mol.